The van der Waals surface area contributed by atoms with Gasteiger partial charge in [-0.05, 0) is 45.4 Å². The van der Waals surface area contributed by atoms with Crippen LogP contribution >= 0.6 is 22.9 Å². The summed E-state index contributed by atoms with van der Waals surface area (Å²) >= 11 is 1.90. The lowest BCUT2D eigenvalue weighted by atomic mass is 10.2. The summed E-state index contributed by atoms with van der Waals surface area (Å²) in [7, 11) is 0. The van der Waals surface area contributed by atoms with Gasteiger partial charge in [-0.25, -0.2) is 7.91 Å². The van der Waals surface area contributed by atoms with E-state index in [9.17, 15) is 4.79 Å². The maximum atomic E-state index is 11.9. The first-order valence-corrected chi connectivity index (χ1v) is 7.31. The lowest BCUT2D eigenvalue weighted by molar-refractivity contribution is 0.0144. The standard InChI is InChI=1S/C14H18INO4/c1-9-5-6-10-11(7-9)19-12(18-10)8-16(15)13(17)20-14(2,3)4/h5-7,12H,8H2,1-4H3. The molecule has 110 valence electrons. The molecule has 0 radical (unpaired) electrons. The first kappa shape index (κ1) is 15.2. The molecule has 0 fully saturated rings. The number of carbonyl (C=O) groups is 1. The van der Waals surface area contributed by atoms with Crippen LogP contribution in [0.25, 0.3) is 0 Å². The van der Waals surface area contributed by atoms with Crippen LogP contribution in [0, 0.1) is 6.92 Å². The van der Waals surface area contributed by atoms with Crippen LogP contribution < -0.4 is 9.47 Å². The van der Waals surface area contributed by atoms with E-state index in [1.54, 1.807) is 0 Å². The van der Waals surface area contributed by atoms with Crippen molar-refractivity contribution in [3.8, 4) is 11.5 Å². The molecule has 0 bridgehead atoms. The Bertz CT molecular complexity index is 512. The minimum absolute atomic E-state index is 0.295. The average Bonchev–Trinajstić information content (AvgIpc) is 2.67. The molecule has 1 unspecified atom stereocenters. The Hall–Kier alpha value is -1.18. The first-order chi connectivity index (χ1) is 9.24. The molecule has 1 aromatic rings. The molecular formula is C14H18INO4. The van der Waals surface area contributed by atoms with E-state index in [1.807, 2.05) is 68.8 Å². The van der Waals surface area contributed by atoms with Gasteiger partial charge in [-0.3, -0.25) is 0 Å². The van der Waals surface area contributed by atoms with Crippen molar-refractivity contribution in [1.82, 2.24) is 3.11 Å². The summed E-state index contributed by atoms with van der Waals surface area (Å²) in [5.41, 5.74) is 0.587. The highest BCUT2D eigenvalue weighted by Crippen LogP contribution is 2.35. The molecule has 0 N–H and O–H groups in total. The Morgan fingerprint density at radius 3 is 2.65 bits per heavy atom. The number of amides is 1. The Labute approximate surface area is 132 Å². The van der Waals surface area contributed by atoms with Crippen molar-refractivity contribution in [3.63, 3.8) is 0 Å². The fourth-order valence-electron chi connectivity index (χ4n) is 1.70. The fraction of sp³-hybridized carbons (Fsp3) is 0.500. The zero-order chi connectivity index (χ0) is 14.9. The van der Waals surface area contributed by atoms with E-state index in [4.69, 9.17) is 14.2 Å². The predicted molar refractivity (Wildman–Crippen MR) is 83.2 cm³/mol. The third-order valence-corrected chi connectivity index (χ3v) is 3.30. The van der Waals surface area contributed by atoms with Gasteiger partial charge >= 0.3 is 6.09 Å². The quantitative estimate of drug-likeness (QED) is 0.570. The van der Waals surface area contributed by atoms with Gasteiger partial charge in [0.1, 0.15) is 12.1 Å². The largest absolute Gasteiger partial charge is 0.449 e. The molecule has 1 aliphatic heterocycles. The molecule has 6 heteroatoms. The number of nitrogens with zero attached hydrogens (tertiary/aromatic N) is 1. The van der Waals surface area contributed by atoms with Crippen LogP contribution in [0.15, 0.2) is 18.2 Å². The molecule has 1 atom stereocenters. The highest BCUT2D eigenvalue weighted by molar-refractivity contribution is 14.1. The lowest BCUT2D eigenvalue weighted by Crippen LogP contribution is -2.37. The summed E-state index contributed by atoms with van der Waals surface area (Å²) in [6, 6.07) is 5.75. The van der Waals surface area contributed by atoms with Crippen LogP contribution in [0.5, 0.6) is 11.5 Å². The van der Waals surface area contributed by atoms with E-state index in [0.29, 0.717) is 18.0 Å². The van der Waals surface area contributed by atoms with E-state index in [-0.39, 0.29) is 0 Å². The van der Waals surface area contributed by atoms with Crippen molar-refractivity contribution in [2.24, 2.45) is 0 Å². The monoisotopic (exact) mass is 391 g/mol. The van der Waals surface area contributed by atoms with Gasteiger partial charge in [-0.2, -0.15) is 0 Å². The zero-order valence-corrected chi connectivity index (χ0v) is 14.1. The Morgan fingerprint density at radius 2 is 2.00 bits per heavy atom. The molecular weight excluding hydrogens is 373 g/mol. The van der Waals surface area contributed by atoms with Gasteiger partial charge in [0.25, 0.3) is 6.29 Å². The Morgan fingerprint density at radius 1 is 1.35 bits per heavy atom. The van der Waals surface area contributed by atoms with Crippen molar-refractivity contribution in [2.75, 3.05) is 6.54 Å². The molecule has 20 heavy (non-hydrogen) atoms. The predicted octanol–water partition coefficient (Wildman–Crippen LogP) is 3.68. The summed E-state index contributed by atoms with van der Waals surface area (Å²) in [5, 5.41) is 0. The molecule has 0 saturated heterocycles. The van der Waals surface area contributed by atoms with Gasteiger partial charge in [-0.1, -0.05) is 6.07 Å². The average molecular weight is 391 g/mol. The summed E-state index contributed by atoms with van der Waals surface area (Å²) in [6.45, 7) is 7.77. The summed E-state index contributed by atoms with van der Waals surface area (Å²) in [5.74, 6) is 1.42. The SMILES string of the molecule is Cc1ccc2c(c1)OC(CN(I)C(=O)OC(C)(C)C)O2. The van der Waals surface area contributed by atoms with Crippen LogP contribution in [-0.4, -0.2) is 27.6 Å². The third kappa shape index (κ3) is 3.91. The second-order valence-corrected chi connectivity index (χ2v) is 6.81. The molecule has 0 spiro atoms. The normalized spacial score (nSPS) is 16.9. The molecule has 0 saturated carbocycles. The summed E-state index contributed by atoms with van der Waals surface area (Å²) in [4.78, 5) is 11.9. The lowest BCUT2D eigenvalue weighted by Gasteiger charge is -2.24. The number of benzene rings is 1. The number of aryl methyl sites for hydroxylation is 1. The second kappa shape index (κ2) is 5.67. The molecule has 0 aliphatic carbocycles. The van der Waals surface area contributed by atoms with E-state index < -0.39 is 18.0 Å². The number of fused-ring (bicyclic) bond motifs is 1. The number of hydrogen-bond donors (Lipinski definition) is 0. The molecule has 1 amide bonds. The number of carbonyl (C=O) groups excluding carboxylic acids is 1. The van der Waals surface area contributed by atoms with E-state index >= 15 is 0 Å². The fourth-order valence-corrected chi connectivity index (χ4v) is 2.12. The van der Waals surface area contributed by atoms with E-state index in [0.717, 1.165) is 5.56 Å². The van der Waals surface area contributed by atoms with Crippen LogP contribution in [0.1, 0.15) is 26.3 Å². The third-order valence-electron chi connectivity index (χ3n) is 2.52. The van der Waals surface area contributed by atoms with Crippen molar-refractivity contribution in [2.45, 2.75) is 39.6 Å². The molecule has 2 rings (SSSR count). The summed E-state index contributed by atoms with van der Waals surface area (Å²) < 4.78 is 18.0. The topological polar surface area (TPSA) is 48.0 Å². The van der Waals surface area contributed by atoms with E-state index in [2.05, 4.69) is 0 Å². The molecule has 0 aromatic heterocycles. The number of ether oxygens (including phenoxy) is 3. The zero-order valence-electron chi connectivity index (χ0n) is 12.0. The molecule has 1 aromatic carbocycles. The second-order valence-electron chi connectivity index (χ2n) is 5.64. The number of hydrogen-bond acceptors (Lipinski definition) is 4. The van der Waals surface area contributed by atoms with Crippen molar-refractivity contribution in [1.29, 1.82) is 0 Å². The highest BCUT2D eigenvalue weighted by atomic mass is 127. The van der Waals surface area contributed by atoms with E-state index in [1.165, 1.54) is 3.11 Å². The Balaban J connectivity index is 1.91. The minimum Gasteiger partial charge on any atom is -0.449 e. The van der Waals surface area contributed by atoms with Gasteiger partial charge in [0.15, 0.2) is 11.5 Å². The number of rotatable bonds is 2. The minimum atomic E-state index is -0.516. The van der Waals surface area contributed by atoms with Gasteiger partial charge in [0.2, 0.25) is 0 Å². The van der Waals surface area contributed by atoms with Gasteiger partial charge in [0.05, 0.1) is 22.9 Å². The maximum Gasteiger partial charge on any atom is 0.419 e. The maximum absolute atomic E-state index is 11.9. The van der Waals surface area contributed by atoms with Crippen LogP contribution in [0.2, 0.25) is 0 Å². The van der Waals surface area contributed by atoms with Gasteiger partial charge in [-0.15, -0.1) is 0 Å². The molecule has 5 nitrogen and oxygen atoms in total. The van der Waals surface area contributed by atoms with Crippen LogP contribution in [0.4, 0.5) is 4.79 Å². The van der Waals surface area contributed by atoms with Gasteiger partial charge < -0.3 is 14.2 Å². The molecule has 1 heterocycles. The smallest absolute Gasteiger partial charge is 0.419 e. The Kier molecular flexibility index (Phi) is 4.31. The van der Waals surface area contributed by atoms with Crippen molar-refractivity contribution >= 4 is 29.0 Å². The highest BCUT2D eigenvalue weighted by Gasteiger charge is 2.29. The van der Waals surface area contributed by atoms with Gasteiger partial charge in [0, 0.05) is 0 Å². The van der Waals surface area contributed by atoms with Crippen LogP contribution in [0.3, 0.4) is 0 Å². The van der Waals surface area contributed by atoms with Crippen LogP contribution in [-0.2, 0) is 4.74 Å². The first-order valence-electron chi connectivity index (χ1n) is 6.35. The summed E-state index contributed by atoms with van der Waals surface area (Å²) in [6.07, 6.45) is -0.909. The molecule has 1 aliphatic rings. The van der Waals surface area contributed by atoms with Crippen molar-refractivity contribution in [3.05, 3.63) is 23.8 Å². The number of halogens is 1. The van der Waals surface area contributed by atoms with Crippen molar-refractivity contribution < 1.29 is 19.0 Å².